The van der Waals surface area contributed by atoms with Crippen LogP contribution in [0.5, 0.6) is 0 Å². The van der Waals surface area contributed by atoms with Gasteiger partial charge in [-0.1, -0.05) is 12.1 Å². The largest absolute Gasteiger partial charge is 0.397 e. The summed E-state index contributed by atoms with van der Waals surface area (Å²) in [4.78, 5) is 10.2. The molecule has 0 fully saturated rings. The van der Waals surface area contributed by atoms with Gasteiger partial charge in [-0.25, -0.2) is 0 Å². The summed E-state index contributed by atoms with van der Waals surface area (Å²) in [6, 6.07) is 3.82. The highest BCUT2D eigenvalue weighted by Crippen LogP contribution is 2.25. The molecule has 0 aliphatic rings. The lowest BCUT2D eigenvalue weighted by Crippen LogP contribution is -1.99. The molecule has 1 aromatic carbocycles. The highest BCUT2D eigenvalue weighted by molar-refractivity contribution is 5.79. The SMILES string of the molecule is CNc1ccc(/C=C/C=O)c(C)c1N. The van der Waals surface area contributed by atoms with Gasteiger partial charge in [-0.05, 0) is 30.2 Å². The number of hydrogen-bond donors (Lipinski definition) is 2. The van der Waals surface area contributed by atoms with Crippen molar-refractivity contribution in [2.45, 2.75) is 6.92 Å². The molecule has 0 heterocycles. The van der Waals surface area contributed by atoms with Crippen molar-refractivity contribution in [2.24, 2.45) is 0 Å². The molecule has 74 valence electrons. The Labute approximate surface area is 83.6 Å². The Hall–Kier alpha value is -1.77. The molecule has 14 heavy (non-hydrogen) atoms. The summed E-state index contributed by atoms with van der Waals surface area (Å²) in [6.45, 7) is 1.93. The van der Waals surface area contributed by atoms with E-state index in [1.165, 1.54) is 6.08 Å². The second-order valence-corrected chi connectivity index (χ2v) is 2.99. The van der Waals surface area contributed by atoms with Crippen molar-refractivity contribution in [1.82, 2.24) is 0 Å². The third kappa shape index (κ3) is 1.93. The number of carbonyl (C=O) groups excluding carboxylic acids is 1. The average Bonchev–Trinajstić information content (AvgIpc) is 2.20. The minimum Gasteiger partial charge on any atom is -0.397 e. The maximum absolute atomic E-state index is 10.2. The van der Waals surface area contributed by atoms with Gasteiger partial charge in [0.15, 0.2) is 0 Å². The summed E-state index contributed by atoms with van der Waals surface area (Å²) in [5.74, 6) is 0. The summed E-state index contributed by atoms with van der Waals surface area (Å²) in [5.41, 5.74) is 9.46. The molecule has 0 saturated carbocycles. The quantitative estimate of drug-likeness (QED) is 0.434. The van der Waals surface area contributed by atoms with E-state index in [0.717, 1.165) is 28.8 Å². The number of nitrogens with two attached hydrogens (primary N) is 1. The first kappa shape index (κ1) is 10.3. The van der Waals surface area contributed by atoms with Crippen LogP contribution in [-0.4, -0.2) is 13.3 Å². The van der Waals surface area contributed by atoms with Gasteiger partial charge in [0.05, 0.1) is 11.4 Å². The van der Waals surface area contributed by atoms with Gasteiger partial charge in [0.2, 0.25) is 0 Å². The van der Waals surface area contributed by atoms with Crippen LogP contribution >= 0.6 is 0 Å². The van der Waals surface area contributed by atoms with E-state index in [-0.39, 0.29) is 0 Å². The number of allylic oxidation sites excluding steroid dienone is 1. The highest BCUT2D eigenvalue weighted by atomic mass is 16.1. The van der Waals surface area contributed by atoms with Crippen molar-refractivity contribution in [3.63, 3.8) is 0 Å². The Morgan fingerprint density at radius 2 is 2.14 bits per heavy atom. The van der Waals surface area contributed by atoms with Crippen molar-refractivity contribution >= 4 is 23.7 Å². The van der Waals surface area contributed by atoms with Crippen LogP contribution in [0.25, 0.3) is 6.08 Å². The van der Waals surface area contributed by atoms with Crippen molar-refractivity contribution in [3.05, 3.63) is 29.3 Å². The van der Waals surface area contributed by atoms with E-state index in [2.05, 4.69) is 5.32 Å². The molecule has 3 N–H and O–H groups in total. The number of benzene rings is 1. The normalized spacial score (nSPS) is 10.4. The molecule has 0 saturated heterocycles. The number of nitrogens with one attached hydrogen (secondary N) is 1. The van der Waals surface area contributed by atoms with Crippen molar-refractivity contribution in [3.8, 4) is 0 Å². The van der Waals surface area contributed by atoms with Gasteiger partial charge in [-0.2, -0.15) is 0 Å². The number of carbonyl (C=O) groups is 1. The molecule has 0 bridgehead atoms. The topological polar surface area (TPSA) is 55.1 Å². The lowest BCUT2D eigenvalue weighted by atomic mass is 10.1. The van der Waals surface area contributed by atoms with Crippen LogP contribution in [-0.2, 0) is 4.79 Å². The second-order valence-electron chi connectivity index (χ2n) is 2.99. The number of hydrogen-bond acceptors (Lipinski definition) is 3. The first-order valence-corrected chi connectivity index (χ1v) is 4.39. The van der Waals surface area contributed by atoms with Gasteiger partial charge in [0, 0.05) is 7.05 Å². The first-order valence-electron chi connectivity index (χ1n) is 4.39. The molecule has 0 aromatic heterocycles. The average molecular weight is 190 g/mol. The summed E-state index contributed by atoms with van der Waals surface area (Å²) in [6.07, 6.45) is 3.96. The number of nitrogen functional groups attached to an aromatic ring is 1. The zero-order chi connectivity index (χ0) is 10.6. The van der Waals surface area contributed by atoms with Crippen LogP contribution < -0.4 is 11.1 Å². The molecule has 1 aromatic rings. The Kier molecular flexibility index (Phi) is 3.29. The van der Waals surface area contributed by atoms with E-state index >= 15 is 0 Å². The third-order valence-corrected chi connectivity index (χ3v) is 2.18. The lowest BCUT2D eigenvalue weighted by Gasteiger charge is -2.10. The zero-order valence-electron chi connectivity index (χ0n) is 8.37. The Balaban J connectivity index is 3.16. The van der Waals surface area contributed by atoms with Crippen LogP contribution in [0, 0.1) is 6.92 Å². The number of anilines is 2. The zero-order valence-corrected chi connectivity index (χ0v) is 8.37. The Morgan fingerprint density at radius 3 is 2.71 bits per heavy atom. The molecule has 0 aliphatic carbocycles. The van der Waals surface area contributed by atoms with E-state index in [0.29, 0.717) is 0 Å². The molecule has 0 amide bonds. The van der Waals surface area contributed by atoms with Gasteiger partial charge in [-0.3, -0.25) is 4.79 Å². The van der Waals surface area contributed by atoms with Gasteiger partial charge >= 0.3 is 0 Å². The summed E-state index contributed by atoms with van der Waals surface area (Å²) >= 11 is 0. The molecule has 0 radical (unpaired) electrons. The predicted octanol–water partition coefficient (Wildman–Crippen LogP) is 1.83. The third-order valence-electron chi connectivity index (χ3n) is 2.18. The number of aldehydes is 1. The van der Waals surface area contributed by atoms with Crippen LogP contribution in [0.4, 0.5) is 11.4 Å². The molecule has 3 nitrogen and oxygen atoms in total. The van der Waals surface area contributed by atoms with E-state index in [4.69, 9.17) is 5.73 Å². The molecule has 3 heteroatoms. The van der Waals surface area contributed by atoms with Crippen LogP contribution in [0.15, 0.2) is 18.2 Å². The fourth-order valence-electron chi connectivity index (χ4n) is 1.29. The van der Waals surface area contributed by atoms with Gasteiger partial charge in [-0.15, -0.1) is 0 Å². The van der Waals surface area contributed by atoms with Crippen molar-refractivity contribution in [1.29, 1.82) is 0 Å². The van der Waals surface area contributed by atoms with Crippen LogP contribution in [0.1, 0.15) is 11.1 Å². The van der Waals surface area contributed by atoms with Crippen LogP contribution in [0.3, 0.4) is 0 Å². The second kappa shape index (κ2) is 4.46. The fraction of sp³-hybridized carbons (Fsp3) is 0.182. The molecule has 1 rings (SSSR count). The van der Waals surface area contributed by atoms with Gasteiger partial charge < -0.3 is 11.1 Å². The first-order chi connectivity index (χ1) is 6.70. The highest BCUT2D eigenvalue weighted by Gasteiger charge is 2.03. The molecule has 0 spiro atoms. The number of rotatable bonds is 3. The minimum absolute atomic E-state index is 0.723. The Morgan fingerprint density at radius 1 is 1.43 bits per heavy atom. The standard InChI is InChI=1S/C11H14N2O/c1-8-9(4-3-7-14)5-6-10(13-2)11(8)12/h3-7,13H,12H2,1-2H3/b4-3+. The maximum Gasteiger partial charge on any atom is 0.142 e. The van der Waals surface area contributed by atoms with E-state index in [9.17, 15) is 4.79 Å². The van der Waals surface area contributed by atoms with E-state index in [1.807, 2.05) is 26.1 Å². The predicted molar refractivity (Wildman–Crippen MR) is 60.2 cm³/mol. The van der Waals surface area contributed by atoms with E-state index in [1.54, 1.807) is 6.08 Å². The van der Waals surface area contributed by atoms with E-state index < -0.39 is 0 Å². The molecule has 0 aliphatic heterocycles. The summed E-state index contributed by atoms with van der Waals surface area (Å²) in [5, 5.41) is 3.00. The van der Waals surface area contributed by atoms with Gasteiger partial charge in [0.1, 0.15) is 6.29 Å². The van der Waals surface area contributed by atoms with Gasteiger partial charge in [0.25, 0.3) is 0 Å². The molecular formula is C11H14N2O. The van der Waals surface area contributed by atoms with Crippen LogP contribution in [0.2, 0.25) is 0 Å². The molecule has 0 unspecified atom stereocenters. The molecule has 0 atom stereocenters. The molecular weight excluding hydrogens is 176 g/mol. The van der Waals surface area contributed by atoms with Crippen molar-refractivity contribution in [2.75, 3.05) is 18.1 Å². The lowest BCUT2D eigenvalue weighted by molar-refractivity contribution is -0.104. The minimum atomic E-state index is 0.723. The fourth-order valence-corrected chi connectivity index (χ4v) is 1.29. The summed E-state index contributed by atoms with van der Waals surface area (Å²) < 4.78 is 0. The summed E-state index contributed by atoms with van der Waals surface area (Å²) in [7, 11) is 1.83. The smallest absolute Gasteiger partial charge is 0.142 e. The maximum atomic E-state index is 10.2. The Bertz CT molecular complexity index is 370. The van der Waals surface area contributed by atoms with Crippen molar-refractivity contribution < 1.29 is 4.79 Å². The monoisotopic (exact) mass is 190 g/mol.